The molecule has 0 aliphatic rings. The molecule has 1 aromatic heterocycles. The highest BCUT2D eigenvalue weighted by molar-refractivity contribution is 7.99. The molecule has 0 aromatic carbocycles. The molecule has 1 unspecified atom stereocenters. The number of aromatic nitrogens is 2. The number of nitrogens with zero attached hydrogens (tertiary/aromatic N) is 1. The topological polar surface area (TPSA) is 45.8 Å². The van der Waals surface area contributed by atoms with Gasteiger partial charge in [-0.1, -0.05) is 18.7 Å². The third-order valence-corrected chi connectivity index (χ3v) is 3.30. The molecule has 0 spiro atoms. The van der Waals surface area contributed by atoms with Gasteiger partial charge in [0.1, 0.15) is 0 Å². The SMILES string of the molecule is CC(CCS)CCSc1nccc(=O)[nH]1. The first-order valence-corrected chi connectivity index (χ1v) is 6.63. The van der Waals surface area contributed by atoms with Crippen LogP contribution in [-0.2, 0) is 0 Å². The number of thioether (sulfide) groups is 1. The maximum atomic E-state index is 11.0. The normalized spacial score (nSPS) is 12.7. The van der Waals surface area contributed by atoms with E-state index in [2.05, 4.69) is 29.5 Å². The van der Waals surface area contributed by atoms with Crippen LogP contribution in [0.15, 0.2) is 22.2 Å². The Kier molecular flexibility index (Phi) is 5.86. The van der Waals surface area contributed by atoms with Gasteiger partial charge in [-0.25, -0.2) is 4.98 Å². The van der Waals surface area contributed by atoms with Gasteiger partial charge in [-0.15, -0.1) is 0 Å². The van der Waals surface area contributed by atoms with E-state index in [1.54, 1.807) is 11.8 Å². The Bertz CT molecular complexity index is 340. The smallest absolute Gasteiger partial charge is 0.251 e. The number of rotatable bonds is 6. The lowest BCUT2D eigenvalue weighted by Crippen LogP contribution is -2.06. The van der Waals surface area contributed by atoms with E-state index in [1.165, 1.54) is 12.3 Å². The van der Waals surface area contributed by atoms with Crippen LogP contribution >= 0.6 is 24.4 Å². The van der Waals surface area contributed by atoms with Gasteiger partial charge in [-0.05, 0) is 24.5 Å². The average Bonchev–Trinajstić information content (AvgIpc) is 2.18. The summed E-state index contributed by atoms with van der Waals surface area (Å²) in [5, 5.41) is 0.709. The highest BCUT2D eigenvalue weighted by Gasteiger charge is 2.02. The van der Waals surface area contributed by atoms with Crippen molar-refractivity contribution in [2.45, 2.75) is 24.9 Å². The first-order valence-electron chi connectivity index (χ1n) is 5.01. The zero-order chi connectivity index (χ0) is 11.1. The Balaban J connectivity index is 2.28. The van der Waals surface area contributed by atoms with Crippen LogP contribution in [0.1, 0.15) is 19.8 Å². The fourth-order valence-electron chi connectivity index (χ4n) is 1.15. The van der Waals surface area contributed by atoms with Gasteiger partial charge in [0, 0.05) is 18.0 Å². The van der Waals surface area contributed by atoms with Crippen molar-refractivity contribution in [1.29, 1.82) is 0 Å². The van der Waals surface area contributed by atoms with Crippen molar-refractivity contribution in [3.8, 4) is 0 Å². The van der Waals surface area contributed by atoms with Crippen molar-refractivity contribution in [1.82, 2.24) is 9.97 Å². The van der Waals surface area contributed by atoms with Gasteiger partial charge in [0.25, 0.3) is 5.56 Å². The zero-order valence-corrected chi connectivity index (χ0v) is 10.5. The molecular formula is C10H16N2OS2. The standard InChI is InChI=1S/C10H16N2OS2/c1-8(3-6-14)4-7-15-10-11-5-2-9(13)12-10/h2,5,8,14H,3-4,6-7H2,1H3,(H,11,12,13). The van der Waals surface area contributed by atoms with Crippen LogP contribution in [0.2, 0.25) is 0 Å². The molecular weight excluding hydrogens is 228 g/mol. The van der Waals surface area contributed by atoms with Crippen molar-refractivity contribution in [3.63, 3.8) is 0 Å². The summed E-state index contributed by atoms with van der Waals surface area (Å²) < 4.78 is 0. The molecule has 0 fully saturated rings. The molecule has 0 amide bonds. The summed E-state index contributed by atoms with van der Waals surface area (Å²) in [4.78, 5) is 17.7. The minimum Gasteiger partial charge on any atom is -0.301 e. The lowest BCUT2D eigenvalue weighted by Gasteiger charge is -2.08. The molecule has 15 heavy (non-hydrogen) atoms. The Hall–Kier alpha value is -0.420. The molecule has 3 nitrogen and oxygen atoms in total. The Morgan fingerprint density at radius 1 is 1.60 bits per heavy atom. The van der Waals surface area contributed by atoms with E-state index < -0.39 is 0 Å². The quantitative estimate of drug-likeness (QED) is 0.458. The molecule has 1 aromatic rings. The van der Waals surface area contributed by atoms with E-state index in [9.17, 15) is 4.79 Å². The van der Waals surface area contributed by atoms with Crippen LogP contribution in [0.25, 0.3) is 0 Å². The molecule has 0 aliphatic carbocycles. The van der Waals surface area contributed by atoms with Gasteiger partial charge in [0.05, 0.1) is 0 Å². The summed E-state index contributed by atoms with van der Waals surface area (Å²) >= 11 is 5.80. The van der Waals surface area contributed by atoms with Crippen LogP contribution in [-0.4, -0.2) is 21.5 Å². The second-order valence-corrected chi connectivity index (χ2v) is 5.02. The number of nitrogens with one attached hydrogen (secondary N) is 1. The van der Waals surface area contributed by atoms with E-state index in [4.69, 9.17) is 0 Å². The van der Waals surface area contributed by atoms with Crippen molar-refractivity contribution in [2.75, 3.05) is 11.5 Å². The average molecular weight is 244 g/mol. The van der Waals surface area contributed by atoms with Crippen LogP contribution in [0.5, 0.6) is 0 Å². The van der Waals surface area contributed by atoms with E-state index in [-0.39, 0.29) is 5.56 Å². The number of hydrogen-bond acceptors (Lipinski definition) is 4. The van der Waals surface area contributed by atoms with Crippen molar-refractivity contribution in [3.05, 3.63) is 22.6 Å². The molecule has 0 bridgehead atoms. The molecule has 1 N–H and O–H groups in total. The lowest BCUT2D eigenvalue weighted by atomic mass is 10.1. The third kappa shape index (κ3) is 5.28. The molecule has 84 valence electrons. The molecule has 0 radical (unpaired) electrons. The maximum absolute atomic E-state index is 11.0. The molecule has 1 rings (SSSR count). The number of hydrogen-bond donors (Lipinski definition) is 2. The minimum atomic E-state index is -0.0871. The van der Waals surface area contributed by atoms with Crippen LogP contribution in [0.4, 0.5) is 0 Å². The summed E-state index contributed by atoms with van der Waals surface area (Å²) in [7, 11) is 0. The summed E-state index contributed by atoms with van der Waals surface area (Å²) in [5.41, 5.74) is -0.0871. The lowest BCUT2D eigenvalue weighted by molar-refractivity contribution is 0.554. The van der Waals surface area contributed by atoms with E-state index in [0.29, 0.717) is 11.1 Å². The molecule has 0 saturated carbocycles. The first-order chi connectivity index (χ1) is 7.22. The Morgan fingerprint density at radius 3 is 3.07 bits per heavy atom. The monoisotopic (exact) mass is 244 g/mol. The maximum Gasteiger partial charge on any atom is 0.251 e. The number of thiol groups is 1. The Labute approximate surface area is 99.5 Å². The minimum absolute atomic E-state index is 0.0871. The number of aromatic amines is 1. The number of H-pyrrole nitrogens is 1. The molecule has 5 heteroatoms. The van der Waals surface area contributed by atoms with Crippen molar-refractivity contribution < 1.29 is 0 Å². The van der Waals surface area contributed by atoms with Gasteiger partial charge in [0.15, 0.2) is 5.16 Å². The summed E-state index contributed by atoms with van der Waals surface area (Å²) in [6, 6.07) is 1.42. The largest absolute Gasteiger partial charge is 0.301 e. The second kappa shape index (κ2) is 6.95. The second-order valence-electron chi connectivity index (χ2n) is 3.49. The molecule has 0 aliphatic heterocycles. The molecule has 1 heterocycles. The molecule has 0 saturated heterocycles. The van der Waals surface area contributed by atoms with Gasteiger partial charge < -0.3 is 4.98 Å². The zero-order valence-electron chi connectivity index (χ0n) is 8.77. The van der Waals surface area contributed by atoms with Crippen LogP contribution in [0, 0.1) is 5.92 Å². The third-order valence-electron chi connectivity index (χ3n) is 2.12. The fourth-order valence-corrected chi connectivity index (χ4v) is 2.61. The first kappa shape index (κ1) is 12.6. The van der Waals surface area contributed by atoms with Crippen molar-refractivity contribution >= 4 is 24.4 Å². The highest BCUT2D eigenvalue weighted by atomic mass is 32.2. The van der Waals surface area contributed by atoms with Crippen LogP contribution < -0.4 is 5.56 Å². The van der Waals surface area contributed by atoms with Gasteiger partial charge in [0.2, 0.25) is 0 Å². The summed E-state index contributed by atoms with van der Waals surface area (Å²) in [6.07, 6.45) is 3.81. The summed E-state index contributed by atoms with van der Waals surface area (Å²) in [6.45, 7) is 2.22. The molecule has 1 atom stereocenters. The van der Waals surface area contributed by atoms with E-state index in [0.717, 1.165) is 24.3 Å². The van der Waals surface area contributed by atoms with E-state index >= 15 is 0 Å². The van der Waals surface area contributed by atoms with Crippen molar-refractivity contribution in [2.24, 2.45) is 5.92 Å². The Morgan fingerprint density at radius 2 is 2.40 bits per heavy atom. The van der Waals surface area contributed by atoms with Crippen LogP contribution in [0.3, 0.4) is 0 Å². The van der Waals surface area contributed by atoms with Gasteiger partial charge >= 0.3 is 0 Å². The van der Waals surface area contributed by atoms with Gasteiger partial charge in [-0.3, -0.25) is 4.79 Å². The fraction of sp³-hybridized carbons (Fsp3) is 0.600. The predicted octanol–water partition coefficient (Wildman–Crippen LogP) is 2.21. The highest BCUT2D eigenvalue weighted by Crippen LogP contribution is 2.16. The predicted molar refractivity (Wildman–Crippen MR) is 67.8 cm³/mol. The van der Waals surface area contributed by atoms with E-state index in [1.807, 2.05) is 0 Å². The van der Waals surface area contributed by atoms with Gasteiger partial charge in [-0.2, -0.15) is 12.6 Å². The summed E-state index contributed by atoms with van der Waals surface area (Å²) in [5.74, 6) is 2.61.